The highest BCUT2D eigenvalue weighted by Gasteiger charge is 2.43. The molecule has 0 bridgehead atoms. The molecule has 2 aliphatic heterocycles. The van der Waals surface area contributed by atoms with Gasteiger partial charge in [-0.05, 0) is 114 Å². The third-order valence-corrected chi connectivity index (χ3v) is 9.75. The summed E-state index contributed by atoms with van der Waals surface area (Å²) in [6.07, 6.45) is 5.50. The standard InChI is InChI=1S/C36H45N5O3/c1-24-19-25-9-6-7-11-28(25)30(20-24)26-12-13-29-31(21-26)38-33(43-22-27-10-8-16-40(27)5)39-32(29)36(23-37)14-17-41(18-15-36)34(42)44-35(2,3)4/h6-7,9,11,19-20,26-27H,8,10,12-18,21-22H2,1-5H3/t26?,27-/m0/s1. The van der Waals surface area contributed by atoms with Crippen LogP contribution < -0.4 is 4.74 Å². The van der Waals surface area contributed by atoms with E-state index in [1.165, 1.54) is 28.3 Å². The Kier molecular flexibility index (Phi) is 8.27. The fourth-order valence-electron chi connectivity index (χ4n) is 7.31. The number of carbonyl (C=O) groups excluding carboxylic acids is 1. The number of amides is 1. The molecule has 3 heterocycles. The zero-order valence-electron chi connectivity index (χ0n) is 26.9. The summed E-state index contributed by atoms with van der Waals surface area (Å²) in [4.78, 5) is 26.9. The number of aromatic nitrogens is 2. The van der Waals surface area contributed by atoms with Crippen LogP contribution in [-0.4, -0.2) is 70.8 Å². The maximum absolute atomic E-state index is 12.8. The second-order valence-corrected chi connectivity index (χ2v) is 14.0. The van der Waals surface area contributed by atoms with Gasteiger partial charge in [-0.2, -0.15) is 15.2 Å². The van der Waals surface area contributed by atoms with E-state index in [1.807, 2.05) is 20.8 Å². The first kappa shape index (κ1) is 30.3. The van der Waals surface area contributed by atoms with Gasteiger partial charge in [0.2, 0.25) is 0 Å². The summed E-state index contributed by atoms with van der Waals surface area (Å²) in [6.45, 7) is 10.3. The van der Waals surface area contributed by atoms with Crippen molar-refractivity contribution >= 4 is 16.9 Å². The van der Waals surface area contributed by atoms with Gasteiger partial charge < -0.3 is 19.3 Å². The molecule has 232 valence electrons. The maximum Gasteiger partial charge on any atom is 0.410 e. The van der Waals surface area contributed by atoms with Crippen LogP contribution >= 0.6 is 0 Å². The Hall–Kier alpha value is -3.70. The predicted molar refractivity (Wildman–Crippen MR) is 171 cm³/mol. The van der Waals surface area contributed by atoms with Gasteiger partial charge in [0.1, 0.15) is 17.6 Å². The van der Waals surface area contributed by atoms with Gasteiger partial charge in [-0.15, -0.1) is 0 Å². The molecule has 2 saturated heterocycles. The quantitative estimate of drug-likeness (QED) is 0.334. The van der Waals surface area contributed by atoms with Gasteiger partial charge in [0, 0.05) is 19.1 Å². The van der Waals surface area contributed by atoms with Crippen LogP contribution in [0.15, 0.2) is 36.4 Å². The van der Waals surface area contributed by atoms with Gasteiger partial charge in [-0.3, -0.25) is 0 Å². The molecule has 3 aliphatic rings. The van der Waals surface area contributed by atoms with Crippen molar-refractivity contribution in [3.05, 3.63) is 64.5 Å². The number of ether oxygens (including phenoxy) is 2. The molecule has 2 aromatic carbocycles. The minimum Gasteiger partial charge on any atom is -0.462 e. The number of aryl methyl sites for hydroxylation is 1. The van der Waals surface area contributed by atoms with Gasteiger partial charge in [-0.1, -0.05) is 42.0 Å². The van der Waals surface area contributed by atoms with Crippen molar-refractivity contribution in [1.82, 2.24) is 19.8 Å². The number of likely N-dealkylation sites (N-methyl/N-ethyl adjacent to an activating group) is 1. The normalized spacial score (nSPS) is 22.0. The van der Waals surface area contributed by atoms with E-state index in [4.69, 9.17) is 19.4 Å². The number of rotatable bonds is 5. The largest absolute Gasteiger partial charge is 0.462 e. The van der Waals surface area contributed by atoms with Gasteiger partial charge in [0.25, 0.3) is 0 Å². The number of nitrogens with zero attached hydrogens (tertiary/aromatic N) is 5. The lowest BCUT2D eigenvalue weighted by atomic mass is 9.72. The molecule has 0 N–H and O–H groups in total. The van der Waals surface area contributed by atoms with Crippen LogP contribution in [0.2, 0.25) is 0 Å². The lowest BCUT2D eigenvalue weighted by molar-refractivity contribution is 0.0183. The summed E-state index contributed by atoms with van der Waals surface area (Å²) >= 11 is 0. The van der Waals surface area contributed by atoms with Gasteiger partial charge in [-0.25, -0.2) is 4.79 Å². The van der Waals surface area contributed by atoms with Crippen molar-refractivity contribution in [1.29, 1.82) is 5.26 Å². The van der Waals surface area contributed by atoms with E-state index >= 15 is 0 Å². The topological polar surface area (TPSA) is 91.6 Å². The summed E-state index contributed by atoms with van der Waals surface area (Å²) in [5, 5.41) is 13.3. The van der Waals surface area contributed by atoms with Crippen molar-refractivity contribution in [2.24, 2.45) is 0 Å². The van der Waals surface area contributed by atoms with Crippen molar-refractivity contribution in [2.75, 3.05) is 33.3 Å². The van der Waals surface area contributed by atoms with E-state index in [0.29, 0.717) is 50.5 Å². The van der Waals surface area contributed by atoms with E-state index in [0.717, 1.165) is 49.2 Å². The molecule has 0 spiro atoms. The molecule has 3 aromatic rings. The summed E-state index contributed by atoms with van der Waals surface area (Å²) in [6, 6.07) is 16.6. The van der Waals surface area contributed by atoms with Crippen molar-refractivity contribution in [2.45, 2.75) is 95.6 Å². The van der Waals surface area contributed by atoms with Gasteiger partial charge >= 0.3 is 12.1 Å². The first-order valence-corrected chi connectivity index (χ1v) is 16.2. The molecule has 8 nitrogen and oxygen atoms in total. The SMILES string of the molecule is Cc1cc(C2CCc3c(nc(OC[C@@H]4CCCN4C)nc3C3(C#N)CCN(C(=O)OC(C)(C)C)CC3)C2)c2ccccc2c1. The zero-order valence-corrected chi connectivity index (χ0v) is 26.9. The smallest absolute Gasteiger partial charge is 0.410 e. The number of hydrogen-bond acceptors (Lipinski definition) is 7. The summed E-state index contributed by atoms with van der Waals surface area (Å²) in [5.41, 5.74) is 4.14. The van der Waals surface area contributed by atoms with Crippen molar-refractivity contribution in [3.8, 4) is 12.1 Å². The Morgan fingerprint density at radius 2 is 1.89 bits per heavy atom. The fraction of sp³-hybridized carbons (Fsp3) is 0.556. The molecule has 44 heavy (non-hydrogen) atoms. The third-order valence-electron chi connectivity index (χ3n) is 9.75. The van der Waals surface area contributed by atoms with E-state index in [1.54, 1.807) is 4.90 Å². The van der Waals surface area contributed by atoms with Crippen LogP contribution in [0.5, 0.6) is 6.01 Å². The van der Waals surface area contributed by atoms with Crippen LogP contribution in [0, 0.1) is 18.3 Å². The van der Waals surface area contributed by atoms with E-state index in [-0.39, 0.29) is 6.09 Å². The molecule has 1 aromatic heterocycles. The molecule has 2 atom stereocenters. The first-order valence-electron chi connectivity index (χ1n) is 16.2. The average molecular weight is 596 g/mol. The second kappa shape index (κ2) is 12.0. The molecule has 1 unspecified atom stereocenters. The summed E-state index contributed by atoms with van der Waals surface area (Å²) < 4.78 is 12.0. The third kappa shape index (κ3) is 6.12. The van der Waals surface area contributed by atoms with Crippen LogP contribution in [-0.2, 0) is 23.0 Å². The Balaban J connectivity index is 1.33. The minimum atomic E-state index is -0.809. The van der Waals surface area contributed by atoms with Gasteiger partial charge in [0.05, 0.1) is 17.5 Å². The van der Waals surface area contributed by atoms with E-state index in [9.17, 15) is 10.1 Å². The van der Waals surface area contributed by atoms with Crippen LogP contribution in [0.3, 0.4) is 0 Å². The van der Waals surface area contributed by atoms with E-state index in [2.05, 4.69) is 61.3 Å². The van der Waals surface area contributed by atoms with E-state index < -0.39 is 11.0 Å². The number of fused-ring (bicyclic) bond motifs is 2. The molecule has 2 fully saturated rings. The number of piperidine rings is 1. The number of nitriles is 1. The second-order valence-electron chi connectivity index (χ2n) is 14.0. The number of likely N-dealkylation sites (tertiary alicyclic amines) is 2. The van der Waals surface area contributed by atoms with Crippen LogP contribution in [0.4, 0.5) is 4.79 Å². The highest BCUT2D eigenvalue weighted by Crippen LogP contribution is 2.43. The molecular weight excluding hydrogens is 550 g/mol. The summed E-state index contributed by atoms with van der Waals surface area (Å²) in [7, 11) is 2.14. The Morgan fingerprint density at radius 3 is 2.59 bits per heavy atom. The molecule has 1 aliphatic carbocycles. The maximum atomic E-state index is 12.8. The molecular formula is C36H45N5O3. The first-order chi connectivity index (χ1) is 21.0. The number of carbonyl (C=O) groups is 1. The predicted octanol–water partition coefficient (Wildman–Crippen LogP) is 6.48. The Morgan fingerprint density at radius 1 is 1.11 bits per heavy atom. The van der Waals surface area contributed by atoms with Crippen molar-refractivity contribution < 1.29 is 14.3 Å². The highest BCUT2D eigenvalue weighted by atomic mass is 16.6. The monoisotopic (exact) mass is 595 g/mol. The Labute approximate surface area is 261 Å². The van der Waals surface area contributed by atoms with Crippen LogP contribution in [0.1, 0.15) is 86.9 Å². The lowest BCUT2D eigenvalue weighted by Gasteiger charge is -2.39. The molecule has 0 saturated carbocycles. The molecule has 1 amide bonds. The minimum absolute atomic E-state index is 0.316. The van der Waals surface area contributed by atoms with Crippen LogP contribution in [0.25, 0.3) is 10.8 Å². The van der Waals surface area contributed by atoms with Crippen molar-refractivity contribution in [3.63, 3.8) is 0 Å². The number of benzene rings is 2. The average Bonchev–Trinajstić information content (AvgIpc) is 3.42. The molecule has 0 radical (unpaired) electrons. The fourth-order valence-corrected chi connectivity index (χ4v) is 7.31. The summed E-state index contributed by atoms with van der Waals surface area (Å²) in [5.74, 6) is 0.316. The molecule has 8 heteroatoms. The van der Waals surface area contributed by atoms with Gasteiger partial charge in [0.15, 0.2) is 0 Å². The zero-order chi connectivity index (χ0) is 31.1. The highest BCUT2D eigenvalue weighted by molar-refractivity contribution is 5.87. The Bertz CT molecular complexity index is 1580. The lowest BCUT2D eigenvalue weighted by Crippen LogP contribution is -2.47. The molecule has 6 rings (SSSR count). The number of hydrogen-bond donors (Lipinski definition) is 0.